The highest BCUT2D eigenvalue weighted by atomic mass is 14.9. The summed E-state index contributed by atoms with van der Waals surface area (Å²) in [6.45, 7) is 6.74. The van der Waals surface area contributed by atoms with Crippen molar-refractivity contribution in [3.05, 3.63) is 65.7 Å². The van der Waals surface area contributed by atoms with Crippen molar-refractivity contribution in [3.8, 4) is 6.07 Å². The van der Waals surface area contributed by atoms with Crippen LogP contribution < -0.4 is 5.32 Å². The fraction of sp³-hybridized carbons (Fsp3) is 0.316. The fourth-order valence-electron chi connectivity index (χ4n) is 2.43. The standard InChI is InChI=1S/C19H22N2/c1-19(2,3)13-18(16-9-5-4-6-10-16)21-17-11-7-8-15(12-17)14-20/h4-12,18,21H,13H2,1-3H3. The molecule has 2 nitrogen and oxygen atoms in total. The van der Waals surface area contributed by atoms with Crippen LogP contribution in [0.15, 0.2) is 54.6 Å². The van der Waals surface area contributed by atoms with E-state index in [1.54, 1.807) is 0 Å². The van der Waals surface area contributed by atoms with Gasteiger partial charge in [-0.2, -0.15) is 5.26 Å². The van der Waals surface area contributed by atoms with Gasteiger partial charge in [0.2, 0.25) is 0 Å². The van der Waals surface area contributed by atoms with Crippen molar-refractivity contribution < 1.29 is 0 Å². The van der Waals surface area contributed by atoms with Crippen LogP contribution in [0.25, 0.3) is 0 Å². The number of benzene rings is 2. The minimum atomic E-state index is 0.223. The highest BCUT2D eigenvalue weighted by molar-refractivity contribution is 5.50. The van der Waals surface area contributed by atoms with Crippen LogP contribution in [0.4, 0.5) is 5.69 Å². The third kappa shape index (κ3) is 4.65. The van der Waals surface area contributed by atoms with Gasteiger partial charge < -0.3 is 5.32 Å². The first-order chi connectivity index (χ1) is 9.98. The maximum atomic E-state index is 9.02. The zero-order chi connectivity index (χ0) is 15.3. The molecule has 1 unspecified atom stereocenters. The molecule has 0 spiro atoms. The minimum Gasteiger partial charge on any atom is -0.378 e. The SMILES string of the molecule is CC(C)(C)CC(Nc1cccc(C#N)c1)c1ccccc1. The van der Waals surface area contributed by atoms with Crippen LogP contribution >= 0.6 is 0 Å². The summed E-state index contributed by atoms with van der Waals surface area (Å²) < 4.78 is 0. The van der Waals surface area contributed by atoms with Gasteiger partial charge in [-0.05, 0) is 35.6 Å². The van der Waals surface area contributed by atoms with Crippen LogP contribution in [0.1, 0.15) is 44.4 Å². The summed E-state index contributed by atoms with van der Waals surface area (Å²) in [5.74, 6) is 0. The molecular weight excluding hydrogens is 256 g/mol. The van der Waals surface area contributed by atoms with E-state index in [0.717, 1.165) is 12.1 Å². The van der Waals surface area contributed by atoms with E-state index in [4.69, 9.17) is 5.26 Å². The summed E-state index contributed by atoms with van der Waals surface area (Å²) in [6.07, 6.45) is 1.02. The summed E-state index contributed by atoms with van der Waals surface area (Å²) >= 11 is 0. The monoisotopic (exact) mass is 278 g/mol. The molecule has 0 aliphatic rings. The predicted molar refractivity (Wildman–Crippen MR) is 88.0 cm³/mol. The van der Waals surface area contributed by atoms with Gasteiger partial charge >= 0.3 is 0 Å². The van der Waals surface area contributed by atoms with Crippen LogP contribution in [-0.4, -0.2) is 0 Å². The van der Waals surface area contributed by atoms with Gasteiger partial charge in [-0.25, -0.2) is 0 Å². The Balaban J connectivity index is 2.26. The lowest BCUT2D eigenvalue weighted by Crippen LogP contribution is -2.18. The first-order valence-electron chi connectivity index (χ1n) is 7.29. The Morgan fingerprint density at radius 2 is 1.76 bits per heavy atom. The molecule has 2 aromatic rings. The number of nitrogens with one attached hydrogen (secondary N) is 1. The van der Waals surface area contributed by atoms with E-state index in [2.05, 4.69) is 56.4 Å². The van der Waals surface area contributed by atoms with Crippen molar-refractivity contribution in [1.29, 1.82) is 5.26 Å². The van der Waals surface area contributed by atoms with Gasteiger partial charge in [0.05, 0.1) is 17.7 Å². The number of anilines is 1. The molecule has 108 valence electrons. The largest absolute Gasteiger partial charge is 0.378 e. The molecule has 0 aliphatic carbocycles. The normalized spacial score (nSPS) is 12.5. The van der Waals surface area contributed by atoms with Crippen LogP contribution in [0.5, 0.6) is 0 Å². The molecule has 0 heterocycles. The molecule has 0 saturated heterocycles. The first kappa shape index (κ1) is 15.1. The summed E-state index contributed by atoms with van der Waals surface area (Å²) in [4.78, 5) is 0. The topological polar surface area (TPSA) is 35.8 Å². The molecule has 21 heavy (non-hydrogen) atoms. The van der Waals surface area contributed by atoms with Crippen molar-refractivity contribution in [1.82, 2.24) is 0 Å². The van der Waals surface area contributed by atoms with Gasteiger partial charge in [0.15, 0.2) is 0 Å². The molecule has 0 radical (unpaired) electrons. The molecule has 2 aromatic carbocycles. The van der Waals surface area contributed by atoms with Crippen molar-refractivity contribution in [2.75, 3.05) is 5.32 Å². The lowest BCUT2D eigenvalue weighted by molar-refractivity contribution is 0.352. The van der Waals surface area contributed by atoms with Crippen LogP contribution in [0.2, 0.25) is 0 Å². The van der Waals surface area contributed by atoms with Gasteiger partial charge in [-0.3, -0.25) is 0 Å². The van der Waals surface area contributed by atoms with Gasteiger partial charge in [0.1, 0.15) is 0 Å². The highest BCUT2D eigenvalue weighted by Crippen LogP contribution is 2.32. The van der Waals surface area contributed by atoms with Crippen molar-refractivity contribution in [2.24, 2.45) is 5.41 Å². The molecule has 2 rings (SSSR count). The molecule has 1 atom stereocenters. The lowest BCUT2D eigenvalue weighted by Gasteiger charge is -2.28. The molecule has 0 aromatic heterocycles. The Morgan fingerprint density at radius 1 is 1.05 bits per heavy atom. The Labute approximate surface area is 127 Å². The summed E-state index contributed by atoms with van der Waals surface area (Å²) in [5.41, 5.74) is 3.17. The van der Waals surface area contributed by atoms with Crippen molar-refractivity contribution in [2.45, 2.75) is 33.2 Å². The number of hydrogen-bond donors (Lipinski definition) is 1. The minimum absolute atomic E-state index is 0.223. The van der Waals surface area contributed by atoms with Crippen molar-refractivity contribution in [3.63, 3.8) is 0 Å². The van der Waals surface area contributed by atoms with Crippen LogP contribution in [-0.2, 0) is 0 Å². The second-order valence-corrected chi connectivity index (χ2v) is 6.56. The smallest absolute Gasteiger partial charge is 0.0992 e. The predicted octanol–water partition coefficient (Wildman–Crippen LogP) is 5.15. The second kappa shape index (κ2) is 6.45. The second-order valence-electron chi connectivity index (χ2n) is 6.56. The van der Waals surface area contributed by atoms with E-state index in [0.29, 0.717) is 5.56 Å². The number of hydrogen-bond acceptors (Lipinski definition) is 2. The van der Waals surface area contributed by atoms with Gasteiger partial charge in [-0.1, -0.05) is 57.2 Å². The highest BCUT2D eigenvalue weighted by Gasteiger charge is 2.20. The van der Waals surface area contributed by atoms with Crippen LogP contribution in [0, 0.1) is 16.7 Å². The van der Waals surface area contributed by atoms with E-state index in [1.807, 2.05) is 30.3 Å². The Hall–Kier alpha value is -2.27. The third-order valence-electron chi connectivity index (χ3n) is 3.35. The zero-order valence-electron chi connectivity index (χ0n) is 12.9. The molecule has 0 aliphatic heterocycles. The van der Waals surface area contributed by atoms with E-state index in [-0.39, 0.29) is 11.5 Å². The van der Waals surface area contributed by atoms with Crippen LogP contribution in [0.3, 0.4) is 0 Å². The molecule has 1 N–H and O–H groups in total. The summed E-state index contributed by atoms with van der Waals surface area (Å²) in [5, 5.41) is 12.6. The van der Waals surface area contributed by atoms with E-state index < -0.39 is 0 Å². The summed E-state index contributed by atoms with van der Waals surface area (Å²) in [7, 11) is 0. The number of rotatable bonds is 4. The van der Waals surface area contributed by atoms with E-state index in [9.17, 15) is 0 Å². The average molecular weight is 278 g/mol. The zero-order valence-corrected chi connectivity index (χ0v) is 12.9. The lowest BCUT2D eigenvalue weighted by atomic mass is 9.85. The van der Waals surface area contributed by atoms with E-state index >= 15 is 0 Å². The molecule has 2 heteroatoms. The Morgan fingerprint density at radius 3 is 2.38 bits per heavy atom. The molecule has 0 amide bonds. The molecule has 0 bridgehead atoms. The number of nitrogens with zero attached hydrogens (tertiary/aromatic N) is 1. The van der Waals surface area contributed by atoms with Gasteiger partial charge in [-0.15, -0.1) is 0 Å². The Bertz CT molecular complexity index is 618. The molecule has 0 saturated carbocycles. The average Bonchev–Trinajstić information content (AvgIpc) is 2.46. The maximum absolute atomic E-state index is 9.02. The first-order valence-corrected chi connectivity index (χ1v) is 7.29. The molecular formula is C19H22N2. The Kier molecular flexibility index (Phi) is 4.65. The maximum Gasteiger partial charge on any atom is 0.0992 e. The van der Waals surface area contributed by atoms with Crippen molar-refractivity contribution >= 4 is 5.69 Å². The van der Waals surface area contributed by atoms with Gasteiger partial charge in [0, 0.05) is 5.69 Å². The quantitative estimate of drug-likeness (QED) is 0.839. The third-order valence-corrected chi connectivity index (χ3v) is 3.35. The van der Waals surface area contributed by atoms with E-state index in [1.165, 1.54) is 5.56 Å². The number of nitriles is 1. The van der Waals surface area contributed by atoms with Gasteiger partial charge in [0.25, 0.3) is 0 Å². The fourth-order valence-corrected chi connectivity index (χ4v) is 2.43. The molecule has 0 fully saturated rings. The summed E-state index contributed by atoms with van der Waals surface area (Å²) in [6, 6.07) is 20.6.